The molecule has 0 amide bonds. The number of hydrogen-bond acceptors (Lipinski definition) is 5. The number of halogens is 1. The van der Waals surface area contributed by atoms with Gasteiger partial charge in [-0.25, -0.2) is 4.98 Å². The van der Waals surface area contributed by atoms with Gasteiger partial charge in [0, 0.05) is 17.1 Å². The third kappa shape index (κ3) is 3.71. The fourth-order valence-corrected chi connectivity index (χ4v) is 4.36. The van der Waals surface area contributed by atoms with E-state index in [-0.39, 0.29) is 0 Å². The fourth-order valence-electron chi connectivity index (χ4n) is 2.45. The highest BCUT2D eigenvalue weighted by molar-refractivity contribution is 7.98. The number of nitrogens with zero attached hydrogens (tertiary/aromatic N) is 3. The molecule has 2 aromatic heterocycles. The Labute approximate surface area is 132 Å². The van der Waals surface area contributed by atoms with Crippen molar-refractivity contribution < 1.29 is 0 Å². The largest absolute Gasteiger partial charge is 0.245 e. The molecule has 6 heteroatoms. The van der Waals surface area contributed by atoms with Crippen LogP contribution in [0, 0.1) is 0 Å². The SMILES string of the molecule is Clc1ccc(SCc2csc(C3CCCCC3)n2)nn1. The van der Waals surface area contributed by atoms with Crippen LogP contribution in [0.3, 0.4) is 0 Å². The molecule has 3 rings (SSSR count). The number of aromatic nitrogens is 3. The van der Waals surface area contributed by atoms with Crippen molar-refractivity contribution in [2.45, 2.75) is 48.8 Å². The van der Waals surface area contributed by atoms with Gasteiger partial charge in [0.2, 0.25) is 0 Å². The first-order valence-electron chi connectivity index (χ1n) is 6.87. The fraction of sp³-hybridized carbons (Fsp3) is 0.500. The lowest BCUT2D eigenvalue weighted by Gasteiger charge is -2.18. The lowest BCUT2D eigenvalue weighted by Crippen LogP contribution is -2.04. The Kier molecular flexibility index (Phi) is 4.91. The summed E-state index contributed by atoms with van der Waals surface area (Å²) in [6.07, 6.45) is 6.72. The van der Waals surface area contributed by atoms with Gasteiger partial charge < -0.3 is 0 Å². The predicted octanol–water partition coefficient (Wildman–Crippen LogP) is 4.93. The Morgan fingerprint density at radius 3 is 2.80 bits per heavy atom. The number of rotatable bonds is 4. The van der Waals surface area contributed by atoms with E-state index in [1.165, 1.54) is 37.1 Å². The van der Waals surface area contributed by atoms with Crippen molar-refractivity contribution in [2.24, 2.45) is 0 Å². The van der Waals surface area contributed by atoms with Gasteiger partial charge in [-0.3, -0.25) is 0 Å². The summed E-state index contributed by atoms with van der Waals surface area (Å²) in [6.45, 7) is 0. The molecule has 0 bridgehead atoms. The Morgan fingerprint density at radius 1 is 1.20 bits per heavy atom. The first-order chi connectivity index (χ1) is 9.81. The zero-order valence-corrected chi connectivity index (χ0v) is 13.5. The molecule has 1 saturated carbocycles. The van der Waals surface area contributed by atoms with Gasteiger partial charge in [0.15, 0.2) is 5.15 Å². The second kappa shape index (κ2) is 6.87. The van der Waals surface area contributed by atoms with E-state index in [1.54, 1.807) is 17.8 Å². The van der Waals surface area contributed by atoms with Crippen LogP contribution in [0.5, 0.6) is 0 Å². The Bertz CT molecular complexity index is 550. The predicted molar refractivity (Wildman–Crippen MR) is 84.5 cm³/mol. The Hall–Kier alpha value is -0.650. The van der Waals surface area contributed by atoms with E-state index in [2.05, 4.69) is 15.6 Å². The molecule has 20 heavy (non-hydrogen) atoms. The maximum atomic E-state index is 5.72. The lowest BCUT2D eigenvalue weighted by atomic mass is 9.90. The number of thiazole rings is 1. The third-order valence-corrected chi connectivity index (χ3v) is 5.71. The Morgan fingerprint density at radius 2 is 2.05 bits per heavy atom. The minimum atomic E-state index is 0.433. The van der Waals surface area contributed by atoms with Gasteiger partial charge in [0.1, 0.15) is 5.03 Å². The molecule has 0 aromatic carbocycles. The van der Waals surface area contributed by atoms with E-state index in [0.29, 0.717) is 11.1 Å². The normalized spacial score (nSPS) is 16.4. The number of thioether (sulfide) groups is 1. The van der Waals surface area contributed by atoms with Crippen LogP contribution in [-0.2, 0) is 5.75 Å². The van der Waals surface area contributed by atoms with E-state index in [4.69, 9.17) is 16.6 Å². The quantitative estimate of drug-likeness (QED) is 0.747. The molecular formula is C14H16ClN3S2. The minimum Gasteiger partial charge on any atom is -0.245 e. The van der Waals surface area contributed by atoms with Crippen LogP contribution in [0.2, 0.25) is 5.15 Å². The molecule has 106 valence electrons. The highest BCUT2D eigenvalue weighted by Crippen LogP contribution is 2.34. The van der Waals surface area contributed by atoms with Gasteiger partial charge in [0.05, 0.1) is 10.7 Å². The molecule has 2 aromatic rings. The molecule has 0 saturated heterocycles. The van der Waals surface area contributed by atoms with Crippen LogP contribution >= 0.6 is 34.7 Å². The molecule has 0 aliphatic heterocycles. The van der Waals surface area contributed by atoms with Crippen LogP contribution in [0.25, 0.3) is 0 Å². The van der Waals surface area contributed by atoms with Gasteiger partial charge in [-0.2, -0.15) is 0 Å². The second-order valence-corrected chi connectivity index (χ2v) is 7.27. The molecular weight excluding hydrogens is 310 g/mol. The summed E-state index contributed by atoms with van der Waals surface area (Å²) in [5.74, 6) is 1.54. The molecule has 0 unspecified atom stereocenters. The summed E-state index contributed by atoms with van der Waals surface area (Å²) in [6, 6.07) is 3.67. The van der Waals surface area contributed by atoms with Crippen molar-refractivity contribution >= 4 is 34.7 Å². The van der Waals surface area contributed by atoms with Gasteiger partial charge in [0.25, 0.3) is 0 Å². The zero-order chi connectivity index (χ0) is 13.8. The van der Waals surface area contributed by atoms with Crippen LogP contribution in [0.1, 0.15) is 48.7 Å². The van der Waals surface area contributed by atoms with E-state index >= 15 is 0 Å². The molecule has 0 radical (unpaired) electrons. The van der Waals surface area contributed by atoms with Crippen molar-refractivity contribution in [3.8, 4) is 0 Å². The average Bonchev–Trinajstić information content (AvgIpc) is 2.97. The van der Waals surface area contributed by atoms with Crippen LogP contribution in [0.15, 0.2) is 22.5 Å². The third-order valence-electron chi connectivity index (χ3n) is 3.50. The van der Waals surface area contributed by atoms with Crippen molar-refractivity contribution in [3.05, 3.63) is 33.4 Å². The van der Waals surface area contributed by atoms with Gasteiger partial charge in [-0.1, -0.05) is 42.6 Å². The Balaban J connectivity index is 1.58. The molecule has 0 atom stereocenters. The molecule has 0 N–H and O–H groups in total. The average molecular weight is 326 g/mol. The van der Waals surface area contributed by atoms with Crippen LogP contribution in [0.4, 0.5) is 0 Å². The minimum absolute atomic E-state index is 0.433. The van der Waals surface area contributed by atoms with Crippen molar-refractivity contribution in [3.63, 3.8) is 0 Å². The highest BCUT2D eigenvalue weighted by Gasteiger charge is 2.18. The highest BCUT2D eigenvalue weighted by atomic mass is 35.5. The summed E-state index contributed by atoms with van der Waals surface area (Å²) in [7, 11) is 0. The topological polar surface area (TPSA) is 38.7 Å². The summed E-state index contributed by atoms with van der Waals surface area (Å²) in [5.41, 5.74) is 1.15. The summed E-state index contributed by atoms with van der Waals surface area (Å²) < 4.78 is 0. The van der Waals surface area contributed by atoms with Crippen molar-refractivity contribution in [1.29, 1.82) is 0 Å². The summed E-state index contributed by atoms with van der Waals surface area (Å²) >= 11 is 9.19. The van der Waals surface area contributed by atoms with Crippen molar-refractivity contribution in [1.82, 2.24) is 15.2 Å². The van der Waals surface area contributed by atoms with Crippen LogP contribution in [-0.4, -0.2) is 15.2 Å². The lowest BCUT2D eigenvalue weighted by molar-refractivity contribution is 0.442. The first kappa shape index (κ1) is 14.3. The van der Waals surface area contributed by atoms with E-state index in [0.717, 1.165) is 16.5 Å². The smallest absolute Gasteiger partial charge is 0.151 e. The standard InChI is InChI=1S/C14H16ClN3S2/c15-12-6-7-13(18-17-12)19-8-11-9-20-14(16-11)10-4-2-1-3-5-10/h6-7,9-10H,1-5,8H2. The second-order valence-electron chi connectivity index (χ2n) is 4.99. The van der Waals surface area contributed by atoms with Crippen molar-refractivity contribution in [2.75, 3.05) is 0 Å². The van der Waals surface area contributed by atoms with Gasteiger partial charge in [-0.05, 0) is 25.0 Å². The molecule has 1 aliphatic rings. The molecule has 0 spiro atoms. The zero-order valence-electron chi connectivity index (χ0n) is 11.1. The van der Waals surface area contributed by atoms with Crippen LogP contribution < -0.4 is 0 Å². The molecule has 1 aliphatic carbocycles. The van der Waals surface area contributed by atoms with E-state index in [9.17, 15) is 0 Å². The molecule has 1 fully saturated rings. The summed E-state index contributed by atoms with van der Waals surface area (Å²) in [4.78, 5) is 4.79. The maximum Gasteiger partial charge on any atom is 0.151 e. The number of hydrogen-bond donors (Lipinski definition) is 0. The van der Waals surface area contributed by atoms with E-state index in [1.807, 2.05) is 17.4 Å². The molecule has 2 heterocycles. The van der Waals surface area contributed by atoms with Gasteiger partial charge in [-0.15, -0.1) is 21.5 Å². The van der Waals surface area contributed by atoms with E-state index < -0.39 is 0 Å². The first-order valence-corrected chi connectivity index (χ1v) is 9.12. The monoisotopic (exact) mass is 325 g/mol. The summed E-state index contributed by atoms with van der Waals surface area (Å²) in [5, 5.41) is 12.7. The molecule has 3 nitrogen and oxygen atoms in total. The maximum absolute atomic E-state index is 5.72. The van der Waals surface area contributed by atoms with Gasteiger partial charge >= 0.3 is 0 Å².